The van der Waals surface area contributed by atoms with Crippen molar-refractivity contribution in [1.29, 1.82) is 0 Å². The van der Waals surface area contributed by atoms with Crippen LogP contribution in [0.3, 0.4) is 0 Å². The van der Waals surface area contributed by atoms with E-state index in [1.54, 1.807) is 0 Å². The number of aromatic nitrogens is 1. The third-order valence-corrected chi connectivity index (χ3v) is 5.10. The van der Waals surface area contributed by atoms with Crippen molar-refractivity contribution in [2.45, 2.75) is 25.8 Å². The summed E-state index contributed by atoms with van der Waals surface area (Å²) in [7, 11) is 0. The Labute approximate surface area is 187 Å². The van der Waals surface area contributed by atoms with Gasteiger partial charge < -0.3 is 15.5 Å². The second kappa shape index (κ2) is 11.5. The number of hydrogen-bond acceptors (Lipinski definition) is 3. The summed E-state index contributed by atoms with van der Waals surface area (Å²) in [4.78, 5) is 11.5. The number of anilines is 1. The van der Waals surface area contributed by atoms with Crippen molar-refractivity contribution in [2.75, 3.05) is 31.1 Å². The van der Waals surface area contributed by atoms with Crippen LogP contribution in [0, 0.1) is 0 Å². The van der Waals surface area contributed by atoms with E-state index in [9.17, 15) is 0 Å². The number of halogens is 2. The van der Waals surface area contributed by atoms with Crippen LogP contribution in [0.1, 0.15) is 19.0 Å². The largest absolute Gasteiger partial charge is 0.368 e. The van der Waals surface area contributed by atoms with E-state index in [1.807, 2.05) is 24.4 Å². The van der Waals surface area contributed by atoms with Gasteiger partial charge in [0.05, 0.1) is 5.69 Å². The molecule has 0 saturated carbocycles. The number of aliphatic imine (C=N–C) groups is 1. The molecule has 2 aromatic rings. The Morgan fingerprint density at radius 2 is 2.07 bits per heavy atom. The van der Waals surface area contributed by atoms with Gasteiger partial charge >= 0.3 is 0 Å². The molecule has 0 amide bonds. The Bertz CT molecular complexity index is 725. The van der Waals surface area contributed by atoms with E-state index in [2.05, 4.69) is 67.6 Å². The van der Waals surface area contributed by atoms with Gasteiger partial charge in [-0.05, 0) is 53.5 Å². The third-order valence-electron chi connectivity index (χ3n) is 4.43. The summed E-state index contributed by atoms with van der Waals surface area (Å²) in [6, 6.07) is 14.8. The molecule has 1 aliphatic rings. The van der Waals surface area contributed by atoms with Gasteiger partial charge in [0.2, 0.25) is 0 Å². The highest BCUT2D eigenvalue weighted by atomic mass is 127. The second-order valence-corrected chi connectivity index (χ2v) is 7.21. The smallest absolute Gasteiger partial charge is 0.191 e. The molecular formula is C20H27BrIN5. The molecule has 2 N–H and O–H groups in total. The minimum absolute atomic E-state index is 0. The molecule has 1 unspecified atom stereocenters. The Hall–Kier alpha value is -1.35. The third kappa shape index (κ3) is 6.64. The lowest BCUT2D eigenvalue weighted by Gasteiger charge is -2.21. The summed E-state index contributed by atoms with van der Waals surface area (Å²) in [5.74, 6) is 0.891. The van der Waals surface area contributed by atoms with Gasteiger partial charge in [-0.1, -0.05) is 18.2 Å². The van der Waals surface area contributed by atoms with Gasteiger partial charge in [-0.25, -0.2) is 0 Å². The van der Waals surface area contributed by atoms with Gasteiger partial charge in [-0.15, -0.1) is 24.0 Å². The maximum Gasteiger partial charge on any atom is 0.191 e. The van der Waals surface area contributed by atoms with Gasteiger partial charge in [0.1, 0.15) is 0 Å². The molecule has 27 heavy (non-hydrogen) atoms. The van der Waals surface area contributed by atoms with Crippen LogP contribution in [0.15, 0.2) is 58.1 Å². The molecule has 0 aliphatic carbocycles. The number of benzene rings is 1. The highest BCUT2D eigenvalue weighted by Gasteiger charge is 2.24. The second-order valence-electron chi connectivity index (χ2n) is 6.36. The summed E-state index contributed by atoms with van der Waals surface area (Å²) in [6.07, 6.45) is 3.79. The lowest BCUT2D eigenvalue weighted by atomic mass is 10.2. The molecule has 5 nitrogen and oxygen atoms in total. The Morgan fingerprint density at radius 3 is 2.81 bits per heavy atom. The van der Waals surface area contributed by atoms with Crippen molar-refractivity contribution in [3.8, 4) is 0 Å². The Balaban J connectivity index is 0.00000261. The molecule has 1 atom stereocenters. The summed E-state index contributed by atoms with van der Waals surface area (Å²) in [6.45, 7) is 5.71. The van der Waals surface area contributed by atoms with Gasteiger partial charge in [0.25, 0.3) is 0 Å². The van der Waals surface area contributed by atoms with Crippen LogP contribution in [-0.2, 0) is 6.42 Å². The van der Waals surface area contributed by atoms with Gasteiger partial charge in [0, 0.05) is 55.0 Å². The van der Waals surface area contributed by atoms with E-state index in [4.69, 9.17) is 4.99 Å². The number of para-hydroxylation sites is 1. The minimum atomic E-state index is 0. The predicted molar refractivity (Wildman–Crippen MR) is 127 cm³/mol. The van der Waals surface area contributed by atoms with E-state index in [1.165, 1.54) is 5.69 Å². The first kappa shape index (κ1) is 21.9. The Morgan fingerprint density at radius 1 is 1.26 bits per heavy atom. The lowest BCUT2D eigenvalue weighted by molar-refractivity contribution is 0.649. The highest BCUT2D eigenvalue weighted by molar-refractivity contribution is 14.0. The van der Waals surface area contributed by atoms with E-state index in [0.717, 1.165) is 55.1 Å². The molecule has 146 valence electrons. The van der Waals surface area contributed by atoms with E-state index >= 15 is 0 Å². The minimum Gasteiger partial charge on any atom is -0.368 e. The average molecular weight is 544 g/mol. The van der Waals surface area contributed by atoms with Gasteiger partial charge in [0.15, 0.2) is 5.96 Å². The summed E-state index contributed by atoms with van der Waals surface area (Å²) < 4.78 is 1.15. The maximum absolute atomic E-state index is 4.71. The zero-order chi connectivity index (χ0) is 18.2. The first-order valence-corrected chi connectivity index (χ1v) is 10.00. The number of rotatable bonds is 6. The fraction of sp³-hybridized carbons (Fsp3) is 0.400. The topological polar surface area (TPSA) is 52.6 Å². The number of guanidine groups is 1. The average Bonchev–Trinajstić information content (AvgIpc) is 3.11. The number of pyridine rings is 1. The van der Waals surface area contributed by atoms with Crippen molar-refractivity contribution < 1.29 is 0 Å². The van der Waals surface area contributed by atoms with E-state index < -0.39 is 0 Å². The van der Waals surface area contributed by atoms with Crippen LogP contribution in [0.5, 0.6) is 0 Å². The van der Waals surface area contributed by atoms with Gasteiger partial charge in [-0.3, -0.25) is 9.98 Å². The van der Waals surface area contributed by atoms with E-state index in [-0.39, 0.29) is 24.0 Å². The van der Waals surface area contributed by atoms with Crippen LogP contribution < -0.4 is 15.5 Å². The number of hydrogen-bond donors (Lipinski definition) is 2. The number of nitrogens with one attached hydrogen (secondary N) is 2. The molecule has 1 aliphatic heterocycles. The van der Waals surface area contributed by atoms with Crippen LogP contribution in [0.4, 0.5) is 5.69 Å². The zero-order valence-electron chi connectivity index (χ0n) is 15.6. The molecule has 1 aromatic carbocycles. The van der Waals surface area contributed by atoms with Crippen molar-refractivity contribution in [3.05, 3.63) is 58.8 Å². The van der Waals surface area contributed by atoms with Gasteiger partial charge in [-0.2, -0.15) is 0 Å². The molecule has 1 saturated heterocycles. The summed E-state index contributed by atoms with van der Waals surface area (Å²) in [5, 5.41) is 6.94. The summed E-state index contributed by atoms with van der Waals surface area (Å²) >= 11 is 3.65. The first-order chi connectivity index (χ1) is 12.8. The number of nitrogens with zero attached hydrogens (tertiary/aromatic N) is 3. The van der Waals surface area contributed by atoms with Crippen molar-refractivity contribution in [3.63, 3.8) is 0 Å². The molecule has 1 aromatic heterocycles. The standard InChI is InChI=1S/C20H26BrN5.HI/c1-2-22-20(24-13-10-16-7-5-6-12-23-16)25-17-11-14-26(15-17)19-9-4-3-8-18(19)21;/h3-9,12,17H,2,10-11,13-15H2,1H3,(H2,22,24,25);1H. The molecule has 2 heterocycles. The fourth-order valence-electron chi connectivity index (χ4n) is 3.15. The van der Waals surface area contributed by atoms with Crippen molar-refractivity contribution in [2.24, 2.45) is 4.99 Å². The molecule has 0 bridgehead atoms. The summed E-state index contributed by atoms with van der Waals surface area (Å²) in [5.41, 5.74) is 2.34. The zero-order valence-corrected chi connectivity index (χ0v) is 19.5. The fourth-order valence-corrected chi connectivity index (χ4v) is 3.68. The highest BCUT2D eigenvalue weighted by Crippen LogP contribution is 2.28. The van der Waals surface area contributed by atoms with Crippen LogP contribution in [-0.4, -0.2) is 43.2 Å². The molecular weight excluding hydrogens is 517 g/mol. The monoisotopic (exact) mass is 543 g/mol. The van der Waals surface area contributed by atoms with Crippen LogP contribution in [0.25, 0.3) is 0 Å². The molecule has 3 rings (SSSR count). The normalized spacial score (nSPS) is 16.7. The van der Waals surface area contributed by atoms with Crippen LogP contribution >= 0.6 is 39.9 Å². The molecule has 1 fully saturated rings. The maximum atomic E-state index is 4.71. The molecule has 0 radical (unpaired) electrons. The quantitative estimate of drug-likeness (QED) is 0.330. The lowest BCUT2D eigenvalue weighted by Crippen LogP contribution is -2.44. The molecule has 7 heteroatoms. The van der Waals surface area contributed by atoms with Crippen molar-refractivity contribution in [1.82, 2.24) is 15.6 Å². The molecule has 0 spiro atoms. The van der Waals surface area contributed by atoms with Crippen molar-refractivity contribution >= 4 is 51.6 Å². The van der Waals surface area contributed by atoms with Crippen LogP contribution in [0.2, 0.25) is 0 Å². The SMILES string of the molecule is CCNC(=NCCc1ccccn1)NC1CCN(c2ccccc2Br)C1.I. The first-order valence-electron chi connectivity index (χ1n) is 9.20. The Kier molecular flexibility index (Phi) is 9.33. The van der Waals surface area contributed by atoms with E-state index in [0.29, 0.717) is 6.04 Å². The predicted octanol–water partition coefficient (Wildman–Crippen LogP) is 3.84.